The quantitative estimate of drug-likeness (QED) is 0.548. The highest BCUT2D eigenvalue weighted by Crippen LogP contribution is 2.12. The lowest BCUT2D eigenvalue weighted by atomic mass is 10.2. The lowest BCUT2D eigenvalue weighted by Crippen LogP contribution is -2.11. The van der Waals surface area contributed by atoms with Gasteiger partial charge in [-0.3, -0.25) is 0 Å². The van der Waals surface area contributed by atoms with Crippen LogP contribution in [0.15, 0.2) is 12.3 Å². The highest BCUT2D eigenvalue weighted by molar-refractivity contribution is 5.89. The summed E-state index contributed by atoms with van der Waals surface area (Å²) in [6.45, 7) is 3.28. The summed E-state index contributed by atoms with van der Waals surface area (Å²) in [6.07, 6.45) is 5.30. The Hall–Kier alpha value is -1.49. The second kappa shape index (κ2) is 7.76. The van der Waals surface area contributed by atoms with Gasteiger partial charge in [0.25, 0.3) is 0 Å². The van der Waals surface area contributed by atoms with E-state index >= 15 is 0 Å². The number of anilines is 1. The Kier molecular flexibility index (Phi) is 6.28. The number of ether oxygens (including phenoxy) is 1. The molecule has 0 bridgehead atoms. The van der Waals surface area contributed by atoms with E-state index in [0.29, 0.717) is 24.5 Å². The molecule has 0 aliphatic heterocycles. The second-order valence-corrected chi connectivity index (χ2v) is 4.22. The predicted octanol–water partition coefficient (Wildman–Crippen LogP) is 1.80. The summed E-state index contributed by atoms with van der Waals surface area (Å²) >= 11 is 0. The van der Waals surface area contributed by atoms with Crippen LogP contribution in [0.1, 0.15) is 43.1 Å². The normalized spacial score (nSPS) is 10.6. The Morgan fingerprint density at radius 3 is 2.78 bits per heavy atom. The SMILES string of the molecule is CCn1cc(N)cc1C(=O)OCCCCCCO. The van der Waals surface area contributed by atoms with Crippen LogP contribution in [0.3, 0.4) is 0 Å². The molecule has 0 aromatic carbocycles. The molecule has 0 aliphatic carbocycles. The van der Waals surface area contributed by atoms with Crippen LogP contribution in [0.2, 0.25) is 0 Å². The number of nitrogens with zero attached hydrogens (tertiary/aromatic N) is 1. The maximum Gasteiger partial charge on any atom is 0.355 e. The number of hydrogen-bond donors (Lipinski definition) is 2. The van der Waals surface area contributed by atoms with Gasteiger partial charge in [-0.05, 0) is 32.3 Å². The number of aromatic nitrogens is 1. The van der Waals surface area contributed by atoms with Crippen molar-refractivity contribution in [1.82, 2.24) is 4.57 Å². The van der Waals surface area contributed by atoms with E-state index in [4.69, 9.17) is 15.6 Å². The largest absolute Gasteiger partial charge is 0.461 e. The summed E-state index contributed by atoms with van der Waals surface area (Å²) in [4.78, 5) is 11.8. The van der Waals surface area contributed by atoms with E-state index in [1.807, 2.05) is 6.92 Å². The molecule has 0 fully saturated rings. The zero-order valence-electron chi connectivity index (χ0n) is 10.9. The lowest BCUT2D eigenvalue weighted by molar-refractivity contribution is 0.0485. The first-order valence-electron chi connectivity index (χ1n) is 6.42. The van der Waals surface area contributed by atoms with Gasteiger partial charge >= 0.3 is 5.97 Å². The van der Waals surface area contributed by atoms with Crippen molar-refractivity contribution in [2.24, 2.45) is 0 Å². The minimum atomic E-state index is -0.323. The molecule has 0 saturated heterocycles. The molecule has 102 valence electrons. The number of nitrogen functional groups attached to an aromatic ring is 1. The average Bonchev–Trinajstić information content (AvgIpc) is 2.74. The van der Waals surface area contributed by atoms with E-state index in [9.17, 15) is 4.79 Å². The zero-order valence-corrected chi connectivity index (χ0v) is 10.9. The van der Waals surface area contributed by atoms with Gasteiger partial charge in [0.05, 0.1) is 12.3 Å². The van der Waals surface area contributed by atoms with Crippen molar-refractivity contribution in [2.45, 2.75) is 39.2 Å². The Morgan fingerprint density at radius 2 is 2.11 bits per heavy atom. The molecule has 0 radical (unpaired) electrons. The third-order valence-electron chi connectivity index (χ3n) is 2.75. The van der Waals surface area contributed by atoms with Crippen molar-refractivity contribution < 1.29 is 14.6 Å². The fraction of sp³-hybridized carbons (Fsp3) is 0.615. The molecule has 1 rings (SSSR count). The van der Waals surface area contributed by atoms with E-state index in [0.717, 1.165) is 25.7 Å². The van der Waals surface area contributed by atoms with Crippen LogP contribution in [-0.2, 0) is 11.3 Å². The summed E-state index contributed by atoms with van der Waals surface area (Å²) in [5, 5.41) is 8.62. The van der Waals surface area contributed by atoms with Crippen LogP contribution in [0.4, 0.5) is 5.69 Å². The number of carbonyl (C=O) groups excluding carboxylic acids is 1. The van der Waals surface area contributed by atoms with Crippen LogP contribution < -0.4 is 5.73 Å². The van der Waals surface area contributed by atoms with E-state index in [2.05, 4.69) is 0 Å². The summed E-state index contributed by atoms with van der Waals surface area (Å²) in [5.41, 5.74) is 6.73. The maximum atomic E-state index is 11.8. The molecule has 3 N–H and O–H groups in total. The number of rotatable bonds is 8. The minimum absolute atomic E-state index is 0.225. The first-order chi connectivity index (χ1) is 8.69. The monoisotopic (exact) mass is 254 g/mol. The lowest BCUT2D eigenvalue weighted by Gasteiger charge is -2.06. The van der Waals surface area contributed by atoms with Crippen LogP contribution in [-0.4, -0.2) is 28.9 Å². The first-order valence-corrected chi connectivity index (χ1v) is 6.42. The molecule has 0 atom stereocenters. The van der Waals surface area contributed by atoms with Gasteiger partial charge in [0.15, 0.2) is 0 Å². The zero-order chi connectivity index (χ0) is 13.4. The summed E-state index contributed by atoms with van der Waals surface area (Å²) in [6, 6.07) is 1.64. The van der Waals surface area contributed by atoms with Gasteiger partial charge in [-0.25, -0.2) is 4.79 Å². The summed E-state index contributed by atoms with van der Waals surface area (Å²) < 4.78 is 6.97. The number of nitrogens with two attached hydrogens (primary N) is 1. The molecule has 1 heterocycles. The van der Waals surface area contributed by atoms with Crippen molar-refractivity contribution in [3.63, 3.8) is 0 Å². The first kappa shape index (κ1) is 14.6. The van der Waals surface area contributed by atoms with Gasteiger partial charge in [-0.15, -0.1) is 0 Å². The predicted molar refractivity (Wildman–Crippen MR) is 70.4 cm³/mol. The third kappa shape index (κ3) is 4.41. The van der Waals surface area contributed by atoms with Crippen LogP contribution in [0.25, 0.3) is 0 Å². The Balaban J connectivity index is 2.32. The molecule has 0 spiro atoms. The maximum absolute atomic E-state index is 11.8. The Morgan fingerprint density at radius 1 is 1.39 bits per heavy atom. The molecule has 0 amide bonds. The van der Waals surface area contributed by atoms with Crippen molar-refractivity contribution in [3.8, 4) is 0 Å². The van der Waals surface area contributed by atoms with Crippen molar-refractivity contribution >= 4 is 11.7 Å². The number of aliphatic hydroxyl groups excluding tert-OH is 1. The second-order valence-electron chi connectivity index (χ2n) is 4.22. The highest BCUT2D eigenvalue weighted by Gasteiger charge is 2.13. The number of unbranched alkanes of at least 4 members (excludes halogenated alkanes) is 3. The molecule has 0 unspecified atom stereocenters. The van der Waals surface area contributed by atoms with Crippen molar-refractivity contribution in [3.05, 3.63) is 18.0 Å². The molecule has 5 heteroatoms. The van der Waals surface area contributed by atoms with E-state index in [1.54, 1.807) is 16.8 Å². The number of aryl methyl sites for hydroxylation is 1. The van der Waals surface area contributed by atoms with E-state index in [1.165, 1.54) is 0 Å². The fourth-order valence-corrected chi connectivity index (χ4v) is 1.77. The molecule has 0 aliphatic rings. The highest BCUT2D eigenvalue weighted by atomic mass is 16.5. The number of hydrogen-bond acceptors (Lipinski definition) is 4. The Labute approximate surface area is 108 Å². The molecular weight excluding hydrogens is 232 g/mol. The molecule has 1 aromatic heterocycles. The van der Waals surface area contributed by atoms with Gasteiger partial charge in [-0.2, -0.15) is 0 Å². The van der Waals surface area contributed by atoms with Crippen molar-refractivity contribution in [1.29, 1.82) is 0 Å². The molecule has 18 heavy (non-hydrogen) atoms. The van der Waals surface area contributed by atoms with Crippen LogP contribution >= 0.6 is 0 Å². The van der Waals surface area contributed by atoms with Crippen LogP contribution in [0.5, 0.6) is 0 Å². The molecule has 5 nitrogen and oxygen atoms in total. The number of carbonyl (C=O) groups is 1. The molecular formula is C13H22N2O3. The summed E-state index contributed by atoms with van der Waals surface area (Å²) in [5.74, 6) is -0.323. The van der Waals surface area contributed by atoms with Gasteiger partial charge in [-0.1, -0.05) is 6.42 Å². The van der Waals surface area contributed by atoms with Crippen molar-refractivity contribution in [2.75, 3.05) is 18.9 Å². The number of aliphatic hydroxyl groups is 1. The topological polar surface area (TPSA) is 77.5 Å². The fourth-order valence-electron chi connectivity index (χ4n) is 1.77. The average molecular weight is 254 g/mol. The smallest absolute Gasteiger partial charge is 0.355 e. The van der Waals surface area contributed by atoms with E-state index < -0.39 is 0 Å². The Bertz CT molecular complexity index is 374. The van der Waals surface area contributed by atoms with Gasteiger partial charge in [0.1, 0.15) is 5.69 Å². The minimum Gasteiger partial charge on any atom is -0.461 e. The van der Waals surface area contributed by atoms with Gasteiger partial charge in [0, 0.05) is 19.3 Å². The van der Waals surface area contributed by atoms with Gasteiger partial charge in [0.2, 0.25) is 0 Å². The van der Waals surface area contributed by atoms with E-state index in [-0.39, 0.29) is 12.6 Å². The molecule has 1 aromatic rings. The standard InChI is InChI=1S/C13H22N2O3/c1-2-15-10-11(14)9-12(15)13(17)18-8-6-4-3-5-7-16/h9-10,16H,2-8,14H2,1H3. The molecule has 0 saturated carbocycles. The van der Waals surface area contributed by atoms with Crippen LogP contribution in [0, 0.1) is 0 Å². The van der Waals surface area contributed by atoms with Gasteiger partial charge < -0.3 is 20.1 Å². The summed E-state index contributed by atoms with van der Waals surface area (Å²) in [7, 11) is 0. The third-order valence-corrected chi connectivity index (χ3v) is 2.75. The number of esters is 1.